The highest BCUT2D eigenvalue weighted by atomic mass is 16.5. The van der Waals surface area contributed by atoms with Crippen molar-refractivity contribution in [3.63, 3.8) is 0 Å². The summed E-state index contributed by atoms with van der Waals surface area (Å²) in [5.74, 6) is -0.0319. The Labute approximate surface area is 533 Å². The Bertz CT molecular complexity index is 1290. The molecule has 0 saturated heterocycles. The zero-order chi connectivity index (χ0) is 61.3. The number of hydrogen-bond acceptors (Lipinski definition) is 5. The summed E-state index contributed by atoms with van der Waals surface area (Å²) in [6.45, 7) is 4.96. The molecule has 0 aromatic heterocycles. The number of aliphatic hydroxyl groups excluding tert-OH is 2. The van der Waals surface area contributed by atoms with Crippen molar-refractivity contribution in [1.82, 2.24) is 5.32 Å². The fourth-order valence-electron chi connectivity index (χ4n) is 12.8. The van der Waals surface area contributed by atoms with Crippen LogP contribution in [0, 0.1) is 0 Å². The van der Waals surface area contributed by atoms with Crippen LogP contribution < -0.4 is 5.32 Å². The quantitative estimate of drug-likeness (QED) is 0.0320. The minimum absolute atomic E-state index is 0.0271. The number of rotatable bonds is 75. The van der Waals surface area contributed by atoms with Crippen LogP contribution in [0.2, 0.25) is 0 Å². The molecule has 0 spiro atoms. The van der Waals surface area contributed by atoms with E-state index >= 15 is 0 Å². The van der Waals surface area contributed by atoms with Gasteiger partial charge in [0.15, 0.2) is 0 Å². The molecular weight excluding hydrogens is 1040 g/mol. The van der Waals surface area contributed by atoms with Crippen LogP contribution in [0.4, 0.5) is 0 Å². The van der Waals surface area contributed by atoms with E-state index in [1.165, 1.54) is 392 Å². The lowest BCUT2D eigenvalue weighted by Crippen LogP contribution is -2.45. The summed E-state index contributed by atoms with van der Waals surface area (Å²) >= 11 is 0. The van der Waals surface area contributed by atoms with Crippen LogP contribution in [0.3, 0.4) is 0 Å². The molecule has 0 aliphatic rings. The molecule has 0 aliphatic heterocycles. The summed E-state index contributed by atoms with van der Waals surface area (Å²) in [4.78, 5) is 24.6. The van der Waals surface area contributed by atoms with Gasteiger partial charge >= 0.3 is 5.97 Å². The average Bonchev–Trinajstić information content (AvgIpc) is 3.51. The predicted octanol–water partition coefficient (Wildman–Crippen LogP) is 25.9. The van der Waals surface area contributed by atoms with Crippen LogP contribution in [0.25, 0.3) is 0 Å². The van der Waals surface area contributed by atoms with Gasteiger partial charge in [-0.05, 0) is 32.1 Å². The average molecular weight is 1200 g/mol. The van der Waals surface area contributed by atoms with Crippen LogP contribution in [-0.4, -0.2) is 47.4 Å². The van der Waals surface area contributed by atoms with E-state index in [4.69, 9.17) is 4.74 Å². The van der Waals surface area contributed by atoms with Gasteiger partial charge in [-0.1, -0.05) is 424 Å². The third kappa shape index (κ3) is 71.6. The van der Waals surface area contributed by atoms with Crippen molar-refractivity contribution in [2.45, 2.75) is 469 Å². The van der Waals surface area contributed by atoms with Crippen molar-refractivity contribution in [3.05, 3.63) is 12.2 Å². The maximum absolute atomic E-state index is 12.5. The Balaban J connectivity index is 3.31. The molecule has 0 fully saturated rings. The second kappa shape index (κ2) is 75.1. The van der Waals surface area contributed by atoms with Crippen LogP contribution in [-0.2, 0) is 14.3 Å². The highest BCUT2D eigenvalue weighted by Crippen LogP contribution is 2.20. The molecular formula is C79H155NO5. The third-order valence-corrected chi connectivity index (χ3v) is 18.8. The molecule has 0 radical (unpaired) electrons. The molecule has 0 bridgehead atoms. The van der Waals surface area contributed by atoms with Crippen LogP contribution in [0.5, 0.6) is 0 Å². The van der Waals surface area contributed by atoms with Gasteiger partial charge in [0, 0.05) is 12.8 Å². The Morgan fingerprint density at radius 2 is 0.541 bits per heavy atom. The number of carbonyl (C=O) groups is 2. The topological polar surface area (TPSA) is 95.9 Å². The van der Waals surface area contributed by atoms with Gasteiger partial charge in [-0.25, -0.2) is 0 Å². The van der Waals surface area contributed by atoms with Crippen molar-refractivity contribution in [3.8, 4) is 0 Å². The highest BCUT2D eigenvalue weighted by molar-refractivity contribution is 5.76. The summed E-state index contributed by atoms with van der Waals surface area (Å²) in [7, 11) is 0. The summed E-state index contributed by atoms with van der Waals surface area (Å²) < 4.78 is 5.52. The lowest BCUT2D eigenvalue weighted by Gasteiger charge is -2.20. The van der Waals surface area contributed by atoms with Crippen LogP contribution in [0.1, 0.15) is 457 Å². The smallest absolute Gasteiger partial charge is 0.305 e. The van der Waals surface area contributed by atoms with Crippen molar-refractivity contribution < 1.29 is 24.5 Å². The normalized spacial score (nSPS) is 12.5. The number of hydrogen-bond donors (Lipinski definition) is 3. The number of aliphatic hydroxyl groups is 2. The summed E-state index contributed by atoms with van der Waals surface area (Å²) in [6, 6.07) is -0.624. The van der Waals surface area contributed by atoms with Crippen LogP contribution in [0.15, 0.2) is 12.2 Å². The molecule has 6 heteroatoms. The fraction of sp³-hybridized carbons (Fsp3) is 0.949. The van der Waals surface area contributed by atoms with Crippen molar-refractivity contribution in [1.29, 1.82) is 0 Å². The Kier molecular flexibility index (Phi) is 73.8. The van der Waals surface area contributed by atoms with E-state index in [9.17, 15) is 19.8 Å². The first-order valence-corrected chi connectivity index (χ1v) is 39.5. The predicted molar refractivity (Wildman–Crippen MR) is 375 cm³/mol. The third-order valence-electron chi connectivity index (χ3n) is 18.8. The van der Waals surface area contributed by atoms with Crippen LogP contribution >= 0.6 is 0 Å². The monoisotopic (exact) mass is 1200 g/mol. The Morgan fingerprint density at radius 3 is 0.800 bits per heavy atom. The van der Waals surface area contributed by atoms with Crippen molar-refractivity contribution in [2.75, 3.05) is 13.2 Å². The number of allylic oxidation sites excluding steroid dienone is 1. The SMILES string of the molecule is CCCCCCCCCCCCCCCCC/C=C/C(O)C(CO)NC(=O)CCCCCCCCCCCCCCCCCCCCCCCCCCCCCCCCCCCOC(=O)CCCCCCCCCCCCCCCCCCCC. The Morgan fingerprint density at radius 1 is 0.318 bits per heavy atom. The van der Waals surface area contributed by atoms with Gasteiger partial charge in [0.1, 0.15) is 0 Å². The maximum Gasteiger partial charge on any atom is 0.305 e. The fourth-order valence-corrected chi connectivity index (χ4v) is 12.8. The summed E-state index contributed by atoms with van der Waals surface area (Å²) in [6.07, 6.45) is 94.8. The zero-order valence-corrected chi connectivity index (χ0v) is 58.1. The molecule has 85 heavy (non-hydrogen) atoms. The lowest BCUT2D eigenvalue weighted by molar-refractivity contribution is -0.143. The first-order chi connectivity index (χ1) is 42.0. The molecule has 0 aromatic carbocycles. The Hall–Kier alpha value is -1.40. The summed E-state index contributed by atoms with van der Waals surface area (Å²) in [5, 5.41) is 23.2. The van der Waals surface area contributed by atoms with E-state index in [2.05, 4.69) is 19.2 Å². The molecule has 2 atom stereocenters. The van der Waals surface area contributed by atoms with Gasteiger partial charge in [0.25, 0.3) is 0 Å². The van der Waals surface area contributed by atoms with Gasteiger partial charge in [-0.3, -0.25) is 9.59 Å². The molecule has 0 rings (SSSR count). The molecule has 0 aliphatic carbocycles. The van der Waals surface area contributed by atoms with E-state index < -0.39 is 12.1 Å². The van der Waals surface area contributed by atoms with E-state index in [1.807, 2.05) is 6.08 Å². The molecule has 0 aromatic rings. The molecule has 0 heterocycles. The van der Waals surface area contributed by atoms with E-state index in [1.54, 1.807) is 6.08 Å². The van der Waals surface area contributed by atoms with Gasteiger partial charge in [-0.2, -0.15) is 0 Å². The number of esters is 1. The minimum Gasteiger partial charge on any atom is -0.466 e. The second-order valence-corrected chi connectivity index (χ2v) is 27.4. The number of amides is 1. The number of carbonyl (C=O) groups excluding carboxylic acids is 2. The number of nitrogens with one attached hydrogen (secondary N) is 1. The van der Waals surface area contributed by atoms with Gasteiger partial charge in [0.05, 0.1) is 25.4 Å². The maximum atomic E-state index is 12.5. The van der Waals surface area contributed by atoms with Gasteiger partial charge in [-0.15, -0.1) is 0 Å². The molecule has 506 valence electrons. The summed E-state index contributed by atoms with van der Waals surface area (Å²) in [5.41, 5.74) is 0. The standard InChI is InChI=1S/C79H155NO5/c1-3-5-7-9-11-13-15-17-19-21-41-45-49-53-57-61-65-69-73-79(84)85-74-70-66-62-58-54-50-46-42-38-36-34-32-30-28-26-24-22-23-25-27-29-31-33-35-37-40-44-48-52-56-60-64-68-72-78(83)80-76(75-81)77(82)71-67-63-59-55-51-47-43-39-20-18-16-14-12-10-8-6-4-2/h67,71,76-77,81-82H,3-66,68-70,72-75H2,1-2H3,(H,80,83)/b71-67+. The minimum atomic E-state index is -0.841. The van der Waals surface area contributed by atoms with E-state index in [0.29, 0.717) is 19.4 Å². The van der Waals surface area contributed by atoms with Gasteiger partial charge in [0.2, 0.25) is 5.91 Å². The molecule has 1 amide bonds. The largest absolute Gasteiger partial charge is 0.466 e. The highest BCUT2D eigenvalue weighted by Gasteiger charge is 2.18. The van der Waals surface area contributed by atoms with Crippen molar-refractivity contribution >= 4 is 11.9 Å². The molecule has 2 unspecified atom stereocenters. The van der Waals surface area contributed by atoms with Crippen molar-refractivity contribution in [2.24, 2.45) is 0 Å². The first-order valence-electron chi connectivity index (χ1n) is 39.5. The first kappa shape index (κ1) is 83.6. The van der Waals surface area contributed by atoms with E-state index in [-0.39, 0.29) is 18.5 Å². The van der Waals surface area contributed by atoms with E-state index in [0.717, 1.165) is 38.5 Å². The number of ether oxygens (including phenoxy) is 1. The number of unbranched alkanes of at least 4 members (excludes halogenated alkanes) is 64. The lowest BCUT2D eigenvalue weighted by atomic mass is 10.0. The molecule has 3 N–H and O–H groups in total. The molecule has 0 saturated carbocycles. The zero-order valence-electron chi connectivity index (χ0n) is 58.1. The molecule has 6 nitrogen and oxygen atoms in total. The van der Waals surface area contributed by atoms with Gasteiger partial charge < -0.3 is 20.3 Å². The second-order valence-electron chi connectivity index (χ2n) is 27.4.